The number of oxime groups is 1. The number of rotatable bonds is 3. The SMILES string of the molecule is CCOC(=O)/C=C1\Cc2ccccc2-n2c1c(/C=N/O)c1ccccc12. The van der Waals surface area contributed by atoms with E-state index in [0.717, 1.165) is 39.0 Å². The first kappa shape index (κ1) is 16.1. The summed E-state index contributed by atoms with van der Waals surface area (Å²) in [6.07, 6.45) is 3.58. The van der Waals surface area contributed by atoms with Gasteiger partial charge in [0.15, 0.2) is 0 Å². The molecule has 2 aromatic carbocycles. The number of ether oxygens (including phenoxy) is 1. The van der Waals surface area contributed by atoms with Gasteiger partial charge in [0, 0.05) is 29.1 Å². The summed E-state index contributed by atoms with van der Waals surface area (Å²) in [7, 11) is 0. The molecular weight excluding hydrogens is 328 g/mol. The van der Waals surface area contributed by atoms with Crippen LogP contribution in [0.4, 0.5) is 0 Å². The Morgan fingerprint density at radius 3 is 2.81 bits per heavy atom. The molecule has 0 saturated carbocycles. The summed E-state index contributed by atoms with van der Waals surface area (Å²) in [4.78, 5) is 12.1. The van der Waals surface area contributed by atoms with Gasteiger partial charge in [-0.05, 0) is 30.2 Å². The van der Waals surface area contributed by atoms with Gasteiger partial charge in [0.2, 0.25) is 0 Å². The Bertz CT molecular complexity index is 1060. The van der Waals surface area contributed by atoms with Crippen LogP contribution in [-0.4, -0.2) is 28.6 Å². The lowest BCUT2D eigenvalue weighted by molar-refractivity contribution is -0.137. The fraction of sp³-hybridized carbons (Fsp3) is 0.143. The molecule has 3 aromatic rings. The molecule has 1 N–H and O–H groups in total. The van der Waals surface area contributed by atoms with Crippen molar-refractivity contribution in [3.63, 3.8) is 0 Å². The van der Waals surface area contributed by atoms with Gasteiger partial charge in [0.05, 0.1) is 24.0 Å². The van der Waals surface area contributed by atoms with Crippen molar-refractivity contribution >= 4 is 28.7 Å². The number of carbonyl (C=O) groups excluding carboxylic acids is 1. The molecule has 0 atom stereocenters. The molecule has 1 aliphatic rings. The Balaban J connectivity index is 2.08. The maximum Gasteiger partial charge on any atom is 0.331 e. The fourth-order valence-corrected chi connectivity index (χ4v) is 3.63. The number of para-hydroxylation sites is 2. The lowest BCUT2D eigenvalue weighted by Gasteiger charge is -2.23. The standard InChI is InChI=1S/C21H18N2O3/c1-2-26-20(24)12-15-11-14-7-3-5-9-18(14)23-19-10-6-4-8-16(19)17(13-22-25)21(15)23/h3-10,12-13,25H,2,11H2,1H3/b15-12+,22-13+. The van der Waals surface area contributed by atoms with Gasteiger partial charge in [-0.2, -0.15) is 0 Å². The fourth-order valence-electron chi connectivity index (χ4n) is 3.63. The highest BCUT2D eigenvalue weighted by Crippen LogP contribution is 2.39. The molecule has 1 aromatic heterocycles. The average Bonchev–Trinajstić information content (AvgIpc) is 2.98. The van der Waals surface area contributed by atoms with E-state index in [1.165, 1.54) is 6.21 Å². The van der Waals surface area contributed by atoms with Gasteiger partial charge in [0.1, 0.15) is 0 Å². The summed E-state index contributed by atoms with van der Waals surface area (Å²) >= 11 is 0. The van der Waals surface area contributed by atoms with Crippen LogP contribution >= 0.6 is 0 Å². The van der Waals surface area contributed by atoms with E-state index in [4.69, 9.17) is 4.74 Å². The van der Waals surface area contributed by atoms with Gasteiger partial charge in [-0.15, -0.1) is 0 Å². The van der Waals surface area contributed by atoms with Crippen LogP contribution in [-0.2, 0) is 16.0 Å². The van der Waals surface area contributed by atoms with E-state index in [1.807, 2.05) is 36.4 Å². The number of fused-ring (bicyclic) bond motifs is 5. The van der Waals surface area contributed by atoms with Crippen LogP contribution in [0.15, 0.2) is 59.8 Å². The van der Waals surface area contributed by atoms with Gasteiger partial charge in [-0.3, -0.25) is 0 Å². The largest absolute Gasteiger partial charge is 0.463 e. The molecule has 0 amide bonds. The number of carbonyl (C=O) groups is 1. The number of nitrogens with zero attached hydrogens (tertiary/aromatic N) is 2. The Morgan fingerprint density at radius 2 is 2.00 bits per heavy atom. The summed E-state index contributed by atoms with van der Waals surface area (Å²) in [5, 5.41) is 13.4. The smallest absolute Gasteiger partial charge is 0.331 e. The Morgan fingerprint density at radius 1 is 1.23 bits per heavy atom. The lowest BCUT2D eigenvalue weighted by atomic mass is 9.94. The van der Waals surface area contributed by atoms with Crippen molar-refractivity contribution in [1.82, 2.24) is 4.57 Å². The van der Waals surface area contributed by atoms with Gasteiger partial charge in [-0.25, -0.2) is 4.79 Å². The van der Waals surface area contributed by atoms with Gasteiger partial charge in [0.25, 0.3) is 0 Å². The maximum atomic E-state index is 12.1. The van der Waals surface area contributed by atoms with E-state index in [0.29, 0.717) is 13.0 Å². The van der Waals surface area contributed by atoms with E-state index in [-0.39, 0.29) is 5.97 Å². The van der Waals surface area contributed by atoms with Crippen LogP contribution in [0.1, 0.15) is 23.7 Å². The van der Waals surface area contributed by atoms with E-state index in [2.05, 4.69) is 21.9 Å². The van der Waals surface area contributed by atoms with Crippen molar-refractivity contribution in [2.45, 2.75) is 13.3 Å². The zero-order valence-electron chi connectivity index (χ0n) is 14.3. The van der Waals surface area contributed by atoms with Crippen LogP contribution in [0.5, 0.6) is 0 Å². The van der Waals surface area contributed by atoms with E-state index < -0.39 is 0 Å². The molecular formula is C21H18N2O3. The number of aromatic nitrogens is 1. The molecule has 26 heavy (non-hydrogen) atoms. The Kier molecular flexibility index (Phi) is 4.05. The molecule has 0 bridgehead atoms. The molecule has 0 fully saturated rings. The third-order valence-electron chi connectivity index (χ3n) is 4.60. The summed E-state index contributed by atoms with van der Waals surface area (Å²) in [6.45, 7) is 2.11. The van der Waals surface area contributed by atoms with Crippen LogP contribution in [0.25, 0.3) is 22.2 Å². The summed E-state index contributed by atoms with van der Waals surface area (Å²) in [5.41, 5.74) is 5.68. The first-order chi connectivity index (χ1) is 12.7. The molecule has 0 spiro atoms. The number of esters is 1. The number of hydrogen-bond acceptors (Lipinski definition) is 4. The van der Waals surface area contributed by atoms with Crippen molar-refractivity contribution in [3.8, 4) is 5.69 Å². The number of hydrogen-bond donors (Lipinski definition) is 1. The topological polar surface area (TPSA) is 63.8 Å². The molecule has 0 saturated heterocycles. The highest BCUT2D eigenvalue weighted by atomic mass is 16.5. The van der Waals surface area contributed by atoms with Gasteiger partial charge < -0.3 is 14.5 Å². The second kappa shape index (κ2) is 6.52. The molecule has 4 rings (SSSR count). The lowest BCUT2D eigenvalue weighted by Crippen LogP contribution is -2.13. The molecule has 5 nitrogen and oxygen atoms in total. The minimum atomic E-state index is -0.370. The highest BCUT2D eigenvalue weighted by molar-refractivity contribution is 6.08. The molecule has 130 valence electrons. The quantitative estimate of drug-likeness (QED) is 0.257. The van der Waals surface area contributed by atoms with Crippen molar-refractivity contribution < 1.29 is 14.7 Å². The Labute approximate surface area is 150 Å². The van der Waals surface area contributed by atoms with E-state index >= 15 is 0 Å². The average molecular weight is 346 g/mol. The number of allylic oxidation sites excluding steroid dienone is 1. The summed E-state index contributed by atoms with van der Waals surface area (Å²) in [6, 6.07) is 16.0. The second-order valence-electron chi connectivity index (χ2n) is 6.09. The normalized spacial score (nSPS) is 14.6. The zero-order chi connectivity index (χ0) is 18.1. The van der Waals surface area contributed by atoms with Crippen LogP contribution < -0.4 is 0 Å². The monoisotopic (exact) mass is 346 g/mol. The third-order valence-corrected chi connectivity index (χ3v) is 4.60. The van der Waals surface area contributed by atoms with Crippen molar-refractivity contribution in [3.05, 3.63) is 71.4 Å². The molecule has 5 heteroatoms. The minimum absolute atomic E-state index is 0.327. The number of benzene rings is 2. The van der Waals surface area contributed by atoms with E-state index in [1.54, 1.807) is 13.0 Å². The molecule has 0 radical (unpaired) electrons. The van der Waals surface area contributed by atoms with Crippen molar-refractivity contribution in [1.29, 1.82) is 0 Å². The summed E-state index contributed by atoms with van der Waals surface area (Å²) < 4.78 is 7.24. The van der Waals surface area contributed by atoms with Gasteiger partial charge in [-0.1, -0.05) is 41.6 Å². The third kappa shape index (κ3) is 2.49. The van der Waals surface area contributed by atoms with Gasteiger partial charge >= 0.3 is 5.97 Å². The first-order valence-electron chi connectivity index (χ1n) is 8.51. The molecule has 1 aliphatic heterocycles. The molecule has 0 unspecified atom stereocenters. The van der Waals surface area contributed by atoms with E-state index in [9.17, 15) is 10.0 Å². The highest BCUT2D eigenvalue weighted by Gasteiger charge is 2.26. The van der Waals surface area contributed by atoms with Crippen LogP contribution in [0.3, 0.4) is 0 Å². The zero-order valence-corrected chi connectivity index (χ0v) is 14.3. The predicted molar refractivity (Wildman–Crippen MR) is 101 cm³/mol. The maximum absolute atomic E-state index is 12.1. The van der Waals surface area contributed by atoms with Crippen molar-refractivity contribution in [2.24, 2.45) is 5.16 Å². The predicted octanol–water partition coefficient (Wildman–Crippen LogP) is 3.94. The second-order valence-corrected chi connectivity index (χ2v) is 6.09. The molecule has 0 aliphatic carbocycles. The van der Waals surface area contributed by atoms with Crippen LogP contribution in [0.2, 0.25) is 0 Å². The summed E-state index contributed by atoms with van der Waals surface area (Å²) in [5.74, 6) is -0.370. The molecule has 2 heterocycles. The minimum Gasteiger partial charge on any atom is -0.463 e. The first-order valence-corrected chi connectivity index (χ1v) is 8.51. The van der Waals surface area contributed by atoms with Crippen molar-refractivity contribution in [2.75, 3.05) is 6.61 Å². The Hall–Kier alpha value is -3.34. The van der Waals surface area contributed by atoms with Crippen LogP contribution in [0, 0.1) is 0 Å².